The van der Waals surface area contributed by atoms with Gasteiger partial charge in [0.2, 0.25) is 0 Å². The third kappa shape index (κ3) is 0.816. The topological polar surface area (TPSA) is 12.0 Å². The predicted molar refractivity (Wildman–Crippen MR) is 24.5 cm³/mol. The zero-order chi connectivity index (χ0) is 3.54. The second-order valence-corrected chi connectivity index (χ2v) is 1.89. The van der Waals surface area contributed by atoms with Crippen molar-refractivity contribution in [1.29, 1.82) is 0 Å². The van der Waals surface area contributed by atoms with E-state index in [1.54, 1.807) is 11.9 Å². The van der Waals surface area contributed by atoms with Crippen LogP contribution < -0.4 is 4.72 Å². The second-order valence-electron chi connectivity index (χ2n) is 0.959. The molecule has 29 valence electrons. The van der Waals surface area contributed by atoms with E-state index in [0.29, 0.717) is 0 Å². The molecule has 1 rings (SSSR count). The summed E-state index contributed by atoms with van der Waals surface area (Å²) < 4.78 is 3.01. The fourth-order valence-electron chi connectivity index (χ4n) is 0.295. The average Bonchev–Trinajstić information content (AvgIpc) is 1.76. The van der Waals surface area contributed by atoms with Crippen LogP contribution in [0.2, 0.25) is 0 Å². The SMILES string of the molecule is [CH]1CCSN1. The summed E-state index contributed by atoms with van der Waals surface area (Å²) in [5.41, 5.74) is 0. The fourth-order valence-corrected chi connectivity index (χ4v) is 0.884. The van der Waals surface area contributed by atoms with E-state index in [2.05, 4.69) is 11.3 Å². The standard InChI is InChI=1S/C3H6NS/c1-2-4-5-3-1/h2,4H,1,3H2. The van der Waals surface area contributed by atoms with E-state index in [9.17, 15) is 0 Å². The van der Waals surface area contributed by atoms with Crippen molar-refractivity contribution in [2.24, 2.45) is 0 Å². The van der Waals surface area contributed by atoms with Crippen molar-refractivity contribution < 1.29 is 0 Å². The maximum absolute atomic E-state index is 3.01. The van der Waals surface area contributed by atoms with Crippen molar-refractivity contribution in [3.8, 4) is 0 Å². The van der Waals surface area contributed by atoms with Gasteiger partial charge in [0.05, 0.1) is 0 Å². The number of rotatable bonds is 0. The minimum Gasteiger partial charge on any atom is -0.259 e. The lowest BCUT2D eigenvalue weighted by Gasteiger charge is -1.74. The highest BCUT2D eigenvalue weighted by Gasteiger charge is 1.94. The molecule has 1 saturated heterocycles. The molecule has 0 spiro atoms. The molecule has 0 unspecified atom stereocenters. The van der Waals surface area contributed by atoms with Gasteiger partial charge in [0.1, 0.15) is 0 Å². The minimum absolute atomic E-state index is 1.23. The summed E-state index contributed by atoms with van der Waals surface area (Å²) in [6.07, 6.45) is 1.23. The Balaban J connectivity index is 2.08. The largest absolute Gasteiger partial charge is 0.259 e. The summed E-state index contributed by atoms with van der Waals surface area (Å²) in [5, 5.41) is 0. The van der Waals surface area contributed by atoms with Crippen LogP contribution in [0.4, 0.5) is 0 Å². The van der Waals surface area contributed by atoms with Gasteiger partial charge >= 0.3 is 0 Å². The lowest BCUT2D eigenvalue weighted by atomic mass is 10.5. The van der Waals surface area contributed by atoms with Crippen molar-refractivity contribution in [2.45, 2.75) is 6.42 Å². The highest BCUT2D eigenvalue weighted by atomic mass is 32.2. The zero-order valence-corrected chi connectivity index (χ0v) is 3.72. The van der Waals surface area contributed by atoms with Crippen molar-refractivity contribution in [3.63, 3.8) is 0 Å². The minimum atomic E-state index is 1.23. The maximum atomic E-state index is 3.01. The van der Waals surface area contributed by atoms with Gasteiger partial charge in [-0.1, -0.05) is 11.9 Å². The molecule has 0 aliphatic carbocycles. The Hall–Kier alpha value is 0.310. The maximum Gasteiger partial charge on any atom is 0.0342 e. The monoisotopic (exact) mass is 88.0 g/mol. The zero-order valence-electron chi connectivity index (χ0n) is 2.90. The first-order chi connectivity index (χ1) is 2.50. The molecule has 5 heavy (non-hydrogen) atoms. The van der Waals surface area contributed by atoms with Crippen LogP contribution in [0, 0.1) is 6.54 Å². The van der Waals surface area contributed by atoms with Crippen molar-refractivity contribution in [2.75, 3.05) is 5.75 Å². The molecule has 1 N–H and O–H groups in total. The molecule has 2 heteroatoms. The van der Waals surface area contributed by atoms with Crippen molar-refractivity contribution >= 4 is 11.9 Å². The molecule has 1 heterocycles. The first kappa shape index (κ1) is 3.50. The molecule has 1 radical (unpaired) electrons. The predicted octanol–water partition coefficient (Wildman–Crippen LogP) is 0.790. The van der Waals surface area contributed by atoms with E-state index in [0.717, 1.165) is 0 Å². The molecule has 1 fully saturated rings. The molecule has 0 atom stereocenters. The average molecular weight is 88.2 g/mol. The van der Waals surface area contributed by atoms with Gasteiger partial charge in [0.15, 0.2) is 0 Å². The van der Waals surface area contributed by atoms with Crippen LogP contribution in [-0.4, -0.2) is 5.75 Å². The van der Waals surface area contributed by atoms with Crippen LogP contribution >= 0.6 is 11.9 Å². The molecule has 0 saturated carbocycles. The summed E-state index contributed by atoms with van der Waals surface area (Å²) in [4.78, 5) is 0. The number of hydrogen-bond acceptors (Lipinski definition) is 2. The fraction of sp³-hybridized carbons (Fsp3) is 0.667. The highest BCUT2D eigenvalue weighted by molar-refractivity contribution is 7.97. The van der Waals surface area contributed by atoms with E-state index in [4.69, 9.17) is 0 Å². The molecule has 1 nitrogen and oxygen atoms in total. The Labute approximate surface area is 36.3 Å². The smallest absolute Gasteiger partial charge is 0.0342 e. The highest BCUT2D eigenvalue weighted by Crippen LogP contribution is 2.06. The number of hydrogen-bond donors (Lipinski definition) is 1. The molecule has 0 aromatic carbocycles. The van der Waals surface area contributed by atoms with Crippen LogP contribution in [0.15, 0.2) is 0 Å². The van der Waals surface area contributed by atoms with Gasteiger partial charge in [0.25, 0.3) is 0 Å². The Morgan fingerprint density at radius 3 is 3.00 bits per heavy atom. The number of nitrogens with one attached hydrogen (secondary N) is 1. The first-order valence-electron chi connectivity index (χ1n) is 1.69. The van der Waals surface area contributed by atoms with E-state index in [-0.39, 0.29) is 0 Å². The molecular weight excluding hydrogens is 82.1 g/mol. The van der Waals surface area contributed by atoms with Crippen molar-refractivity contribution in [1.82, 2.24) is 4.72 Å². The summed E-state index contributed by atoms with van der Waals surface area (Å²) in [6, 6.07) is 0. The Morgan fingerprint density at radius 2 is 2.80 bits per heavy atom. The van der Waals surface area contributed by atoms with Crippen LogP contribution in [0.25, 0.3) is 0 Å². The van der Waals surface area contributed by atoms with Crippen LogP contribution in [0.3, 0.4) is 0 Å². The molecule has 0 aromatic heterocycles. The second kappa shape index (κ2) is 1.67. The van der Waals surface area contributed by atoms with Gasteiger partial charge in [-0.2, -0.15) is 0 Å². The summed E-state index contributed by atoms with van der Waals surface area (Å²) in [7, 11) is 0. The molecule has 1 aliphatic rings. The Bertz CT molecular complexity index is 18.5. The summed E-state index contributed by atoms with van der Waals surface area (Å²) in [5.74, 6) is 1.25. The molecule has 0 bridgehead atoms. The van der Waals surface area contributed by atoms with Gasteiger partial charge in [-0.15, -0.1) is 0 Å². The van der Waals surface area contributed by atoms with Gasteiger partial charge < -0.3 is 0 Å². The van der Waals surface area contributed by atoms with E-state index < -0.39 is 0 Å². The van der Waals surface area contributed by atoms with E-state index in [1.165, 1.54) is 12.2 Å². The quantitative estimate of drug-likeness (QED) is 0.439. The third-order valence-corrected chi connectivity index (χ3v) is 1.30. The van der Waals surface area contributed by atoms with E-state index in [1.807, 2.05) is 0 Å². The van der Waals surface area contributed by atoms with E-state index >= 15 is 0 Å². The molecular formula is C3H6NS. The van der Waals surface area contributed by atoms with Gasteiger partial charge in [-0.3, -0.25) is 4.72 Å². The van der Waals surface area contributed by atoms with Gasteiger partial charge in [-0.25, -0.2) is 0 Å². The first-order valence-corrected chi connectivity index (χ1v) is 2.68. The van der Waals surface area contributed by atoms with Crippen LogP contribution in [-0.2, 0) is 0 Å². The third-order valence-electron chi connectivity index (χ3n) is 0.531. The molecule has 0 aromatic rings. The molecule has 0 amide bonds. The normalized spacial score (nSPS) is 24.0. The molecule has 1 aliphatic heterocycles. The van der Waals surface area contributed by atoms with Gasteiger partial charge in [-0.05, 0) is 6.42 Å². The van der Waals surface area contributed by atoms with Crippen molar-refractivity contribution in [3.05, 3.63) is 6.54 Å². The van der Waals surface area contributed by atoms with Crippen LogP contribution in [0.5, 0.6) is 0 Å². The lowest BCUT2D eigenvalue weighted by molar-refractivity contribution is 1.09. The Morgan fingerprint density at radius 1 is 1.80 bits per heavy atom. The summed E-state index contributed by atoms with van der Waals surface area (Å²) in [6.45, 7) is 2.07. The van der Waals surface area contributed by atoms with Gasteiger partial charge in [0, 0.05) is 12.3 Å². The lowest BCUT2D eigenvalue weighted by Crippen LogP contribution is -1.83. The summed E-state index contributed by atoms with van der Waals surface area (Å²) >= 11 is 1.77. The Kier molecular flexibility index (Phi) is 1.17. The van der Waals surface area contributed by atoms with Crippen LogP contribution in [0.1, 0.15) is 6.42 Å².